The highest BCUT2D eigenvalue weighted by Crippen LogP contribution is 2.27. The minimum atomic E-state index is -0.888. The number of carbonyl (C=O) groups is 2. The molecule has 0 aliphatic carbocycles. The largest absolute Gasteiger partial charge is 0.465 e. The van der Waals surface area contributed by atoms with E-state index in [1.54, 1.807) is 6.92 Å². The standard InChI is InChI=1S/C10H18O4.C9H16O5/c1-6(4-13-8(3)11)10-7(2)9(12)5-14-10;1-5(3-13-6(2)10)9-8(12)7(11)4-14-9/h6-7,9-10,12H,4-5H2,1-3H3;5,7-9,11-12H,3-4H2,1-2H3/t6?,7-,9+,10?;5?,7-,8+,9?/m01/s1. The fourth-order valence-electron chi connectivity index (χ4n) is 3.23. The van der Waals surface area contributed by atoms with Gasteiger partial charge in [-0.1, -0.05) is 20.8 Å². The van der Waals surface area contributed by atoms with Crippen molar-refractivity contribution >= 4 is 11.9 Å². The number of aliphatic hydroxyl groups excluding tert-OH is 3. The van der Waals surface area contributed by atoms with Crippen LogP contribution in [-0.4, -0.2) is 84.2 Å². The van der Waals surface area contributed by atoms with Gasteiger partial charge < -0.3 is 34.3 Å². The number of carbonyl (C=O) groups excluding carboxylic acids is 2. The average Bonchev–Trinajstić information content (AvgIpc) is 3.14. The predicted octanol–water partition coefficient (Wildman–Crippen LogP) is -0.112. The maximum absolute atomic E-state index is 10.6. The van der Waals surface area contributed by atoms with Crippen LogP contribution >= 0.6 is 0 Å². The lowest BCUT2D eigenvalue weighted by molar-refractivity contribution is -0.144. The summed E-state index contributed by atoms with van der Waals surface area (Å²) in [6.07, 6.45) is -2.58. The van der Waals surface area contributed by atoms with Crippen LogP contribution in [0.4, 0.5) is 0 Å². The summed E-state index contributed by atoms with van der Waals surface area (Å²) in [4.78, 5) is 21.1. The molecule has 2 saturated heterocycles. The lowest BCUT2D eigenvalue weighted by atomic mass is 9.92. The third kappa shape index (κ3) is 7.63. The van der Waals surface area contributed by atoms with E-state index in [0.29, 0.717) is 13.2 Å². The van der Waals surface area contributed by atoms with Crippen molar-refractivity contribution in [3.8, 4) is 0 Å². The SMILES string of the molecule is CC(=O)OCC(C)C1OC[C@@H](O)[C@@H]1C.CC(=O)OCC(C)C1OC[C@@H](O)[C@@H]1O. The Hall–Kier alpha value is -1.26. The summed E-state index contributed by atoms with van der Waals surface area (Å²) in [6.45, 7) is 9.50. The molecule has 4 unspecified atom stereocenters. The van der Waals surface area contributed by atoms with E-state index in [0.717, 1.165) is 0 Å². The number of hydrogen-bond donors (Lipinski definition) is 3. The Kier molecular flexibility index (Phi) is 10.3. The van der Waals surface area contributed by atoms with E-state index in [1.165, 1.54) is 13.8 Å². The minimum absolute atomic E-state index is 0.00986. The van der Waals surface area contributed by atoms with Crippen LogP contribution < -0.4 is 0 Å². The number of aliphatic hydroxyl groups is 3. The molecule has 2 fully saturated rings. The maximum atomic E-state index is 10.6. The van der Waals surface area contributed by atoms with Crippen molar-refractivity contribution in [2.75, 3.05) is 26.4 Å². The van der Waals surface area contributed by atoms with Crippen molar-refractivity contribution in [2.24, 2.45) is 17.8 Å². The third-order valence-corrected chi connectivity index (χ3v) is 5.00. The van der Waals surface area contributed by atoms with E-state index in [-0.39, 0.29) is 55.1 Å². The maximum Gasteiger partial charge on any atom is 0.302 e. The van der Waals surface area contributed by atoms with E-state index >= 15 is 0 Å². The second-order valence-corrected chi connectivity index (χ2v) is 7.64. The Morgan fingerprint density at radius 2 is 1.32 bits per heavy atom. The number of hydrogen-bond acceptors (Lipinski definition) is 9. The van der Waals surface area contributed by atoms with E-state index in [4.69, 9.17) is 18.9 Å². The van der Waals surface area contributed by atoms with Crippen LogP contribution in [0.25, 0.3) is 0 Å². The summed E-state index contributed by atoms with van der Waals surface area (Å²) in [5.74, 6) is -0.509. The van der Waals surface area contributed by atoms with Gasteiger partial charge in [0.2, 0.25) is 0 Å². The molecule has 0 aromatic rings. The summed E-state index contributed by atoms with van der Waals surface area (Å²) in [6, 6.07) is 0. The first kappa shape index (κ1) is 24.8. The zero-order valence-corrected chi connectivity index (χ0v) is 17.2. The summed E-state index contributed by atoms with van der Waals surface area (Å²) >= 11 is 0. The van der Waals surface area contributed by atoms with Crippen molar-refractivity contribution in [1.82, 2.24) is 0 Å². The fraction of sp³-hybridized carbons (Fsp3) is 0.895. The first-order valence-corrected chi connectivity index (χ1v) is 9.58. The quantitative estimate of drug-likeness (QED) is 0.517. The summed E-state index contributed by atoms with van der Waals surface area (Å²) in [7, 11) is 0. The molecule has 2 aliphatic heterocycles. The van der Waals surface area contributed by atoms with Crippen molar-refractivity contribution in [2.45, 2.75) is 65.1 Å². The number of rotatable bonds is 6. The first-order chi connectivity index (χ1) is 13.0. The normalized spacial score (nSPS) is 34.1. The Bertz CT molecular complexity index is 454. The molecule has 0 radical (unpaired) electrons. The molecule has 0 aromatic heterocycles. The second-order valence-electron chi connectivity index (χ2n) is 7.64. The van der Waals surface area contributed by atoms with Crippen LogP contribution in [0.15, 0.2) is 0 Å². The molecule has 3 N–H and O–H groups in total. The van der Waals surface area contributed by atoms with Gasteiger partial charge in [0.25, 0.3) is 0 Å². The molecule has 28 heavy (non-hydrogen) atoms. The number of ether oxygens (including phenoxy) is 4. The molecular formula is C19H34O9. The molecule has 9 nitrogen and oxygen atoms in total. The fourth-order valence-corrected chi connectivity index (χ4v) is 3.23. The second kappa shape index (κ2) is 11.7. The molecule has 2 heterocycles. The predicted molar refractivity (Wildman–Crippen MR) is 98.3 cm³/mol. The summed E-state index contributed by atoms with van der Waals surface area (Å²) in [5, 5.41) is 28.2. The zero-order chi connectivity index (χ0) is 21.4. The molecule has 0 bridgehead atoms. The van der Waals surface area contributed by atoms with Gasteiger partial charge in [-0.15, -0.1) is 0 Å². The monoisotopic (exact) mass is 406 g/mol. The summed E-state index contributed by atoms with van der Waals surface area (Å²) in [5.41, 5.74) is 0. The van der Waals surface area contributed by atoms with Crippen molar-refractivity contribution in [3.63, 3.8) is 0 Å². The highest BCUT2D eigenvalue weighted by molar-refractivity contribution is 5.66. The third-order valence-electron chi connectivity index (χ3n) is 5.00. The molecule has 2 rings (SSSR count). The van der Waals surface area contributed by atoms with Crippen LogP contribution in [0.3, 0.4) is 0 Å². The van der Waals surface area contributed by atoms with Gasteiger partial charge in [0.1, 0.15) is 12.2 Å². The first-order valence-electron chi connectivity index (χ1n) is 9.58. The molecule has 0 aromatic carbocycles. The lowest BCUT2D eigenvalue weighted by Gasteiger charge is -2.22. The molecule has 164 valence electrons. The van der Waals surface area contributed by atoms with Crippen molar-refractivity contribution in [1.29, 1.82) is 0 Å². The lowest BCUT2D eigenvalue weighted by Crippen LogP contribution is -2.36. The van der Waals surface area contributed by atoms with Gasteiger partial charge in [0, 0.05) is 31.6 Å². The molecule has 9 heteroatoms. The van der Waals surface area contributed by atoms with Gasteiger partial charge in [0.05, 0.1) is 44.7 Å². The van der Waals surface area contributed by atoms with Crippen LogP contribution in [-0.2, 0) is 28.5 Å². The Labute approximate surface area is 165 Å². The van der Waals surface area contributed by atoms with E-state index < -0.39 is 18.3 Å². The van der Waals surface area contributed by atoms with Crippen LogP contribution in [0, 0.1) is 17.8 Å². The summed E-state index contributed by atoms with van der Waals surface area (Å²) < 4.78 is 20.3. The van der Waals surface area contributed by atoms with E-state index in [9.17, 15) is 24.9 Å². The zero-order valence-electron chi connectivity index (χ0n) is 17.2. The highest BCUT2D eigenvalue weighted by atomic mass is 16.6. The minimum Gasteiger partial charge on any atom is -0.465 e. The Morgan fingerprint density at radius 1 is 0.893 bits per heavy atom. The molecule has 0 saturated carbocycles. The topological polar surface area (TPSA) is 132 Å². The Morgan fingerprint density at radius 3 is 1.68 bits per heavy atom. The van der Waals surface area contributed by atoms with Gasteiger partial charge in [0.15, 0.2) is 0 Å². The van der Waals surface area contributed by atoms with Crippen LogP contribution in [0.1, 0.15) is 34.6 Å². The molecule has 0 spiro atoms. The van der Waals surface area contributed by atoms with Crippen LogP contribution in [0.5, 0.6) is 0 Å². The Balaban J connectivity index is 0.000000280. The van der Waals surface area contributed by atoms with Gasteiger partial charge in [-0.2, -0.15) is 0 Å². The van der Waals surface area contributed by atoms with Crippen molar-refractivity contribution in [3.05, 3.63) is 0 Å². The molecule has 0 amide bonds. The van der Waals surface area contributed by atoms with E-state index in [1.807, 2.05) is 13.8 Å². The van der Waals surface area contributed by atoms with Gasteiger partial charge >= 0.3 is 11.9 Å². The number of esters is 2. The van der Waals surface area contributed by atoms with Gasteiger partial charge in [-0.25, -0.2) is 0 Å². The van der Waals surface area contributed by atoms with Gasteiger partial charge in [-0.05, 0) is 0 Å². The van der Waals surface area contributed by atoms with E-state index in [2.05, 4.69) is 0 Å². The highest BCUT2D eigenvalue weighted by Gasteiger charge is 2.38. The van der Waals surface area contributed by atoms with Gasteiger partial charge in [-0.3, -0.25) is 9.59 Å². The smallest absolute Gasteiger partial charge is 0.302 e. The van der Waals surface area contributed by atoms with Crippen molar-refractivity contribution < 1.29 is 43.9 Å². The average molecular weight is 406 g/mol. The molecule has 2 aliphatic rings. The molecular weight excluding hydrogens is 372 g/mol. The van der Waals surface area contributed by atoms with Crippen LogP contribution in [0.2, 0.25) is 0 Å². The molecule has 8 atom stereocenters.